The van der Waals surface area contributed by atoms with Crippen molar-refractivity contribution in [2.24, 2.45) is 5.92 Å². The van der Waals surface area contributed by atoms with Gasteiger partial charge in [0.1, 0.15) is 0 Å². The summed E-state index contributed by atoms with van der Waals surface area (Å²) < 4.78 is 0. The normalized spacial score (nSPS) is 14.8. The lowest BCUT2D eigenvalue weighted by atomic mass is 9.99. The van der Waals surface area contributed by atoms with Crippen LogP contribution in [0.2, 0.25) is 0 Å². The first-order valence-electron chi connectivity index (χ1n) is 7.29. The van der Waals surface area contributed by atoms with E-state index in [1.807, 2.05) is 35.2 Å². The van der Waals surface area contributed by atoms with E-state index in [4.69, 9.17) is 5.11 Å². The van der Waals surface area contributed by atoms with E-state index < -0.39 is 0 Å². The Hall–Kier alpha value is -2.13. The smallest absolute Gasteiger partial charge is 0.227 e. The van der Waals surface area contributed by atoms with Gasteiger partial charge in [0.05, 0.1) is 6.42 Å². The number of carbonyl (C=O) groups excluding carboxylic acids is 1. The maximum absolute atomic E-state index is 12.1. The third-order valence-electron chi connectivity index (χ3n) is 3.98. The lowest BCUT2D eigenvalue weighted by molar-refractivity contribution is -0.137. The lowest BCUT2D eigenvalue weighted by Gasteiger charge is -2.38. The highest BCUT2D eigenvalue weighted by molar-refractivity contribution is 5.79. The number of nitrogens with zero attached hydrogens (tertiary/aromatic N) is 1. The molecule has 1 N–H and O–H groups in total. The van der Waals surface area contributed by atoms with Crippen LogP contribution in [-0.4, -0.2) is 35.6 Å². The van der Waals surface area contributed by atoms with Crippen LogP contribution in [-0.2, 0) is 11.2 Å². The summed E-state index contributed by atoms with van der Waals surface area (Å²) in [6, 6.07) is 18.4. The van der Waals surface area contributed by atoms with Crippen LogP contribution >= 0.6 is 0 Å². The Morgan fingerprint density at radius 2 is 1.62 bits per heavy atom. The molecule has 108 valence electrons. The maximum atomic E-state index is 12.1. The topological polar surface area (TPSA) is 40.5 Å². The van der Waals surface area contributed by atoms with Gasteiger partial charge in [-0.1, -0.05) is 54.6 Å². The fourth-order valence-electron chi connectivity index (χ4n) is 2.62. The molecule has 0 aliphatic carbocycles. The molecule has 3 nitrogen and oxygen atoms in total. The van der Waals surface area contributed by atoms with Gasteiger partial charge in [-0.05, 0) is 16.7 Å². The van der Waals surface area contributed by atoms with E-state index in [2.05, 4.69) is 24.3 Å². The second-order valence-corrected chi connectivity index (χ2v) is 5.59. The predicted octanol–water partition coefficient (Wildman–Crippen LogP) is 2.35. The zero-order valence-corrected chi connectivity index (χ0v) is 11.9. The molecule has 2 aromatic carbocycles. The number of aliphatic hydroxyl groups excluding tert-OH is 1. The van der Waals surface area contributed by atoms with Crippen molar-refractivity contribution in [3.05, 3.63) is 60.2 Å². The molecule has 0 aromatic heterocycles. The highest BCUT2D eigenvalue weighted by atomic mass is 16.3. The predicted molar refractivity (Wildman–Crippen MR) is 82.7 cm³/mol. The van der Waals surface area contributed by atoms with Crippen LogP contribution < -0.4 is 0 Å². The third-order valence-corrected chi connectivity index (χ3v) is 3.98. The molecule has 1 saturated heterocycles. The molecule has 0 atom stereocenters. The van der Waals surface area contributed by atoms with Crippen molar-refractivity contribution in [1.29, 1.82) is 0 Å². The lowest BCUT2D eigenvalue weighted by Crippen LogP contribution is -2.51. The SMILES string of the molecule is O=C(Cc1ccc(-c2ccccc2)cc1)N1CC(CO)C1. The van der Waals surface area contributed by atoms with Gasteiger partial charge >= 0.3 is 0 Å². The summed E-state index contributed by atoms with van der Waals surface area (Å²) >= 11 is 0. The average molecular weight is 281 g/mol. The second-order valence-electron chi connectivity index (χ2n) is 5.59. The molecule has 21 heavy (non-hydrogen) atoms. The molecule has 0 radical (unpaired) electrons. The van der Waals surface area contributed by atoms with Crippen molar-refractivity contribution in [2.75, 3.05) is 19.7 Å². The highest BCUT2D eigenvalue weighted by Crippen LogP contribution is 2.20. The number of amides is 1. The number of hydrogen-bond acceptors (Lipinski definition) is 2. The molecule has 3 rings (SSSR count). The minimum absolute atomic E-state index is 0.146. The van der Waals surface area contributed by atoms with Gasteiger partial charge in [0.25, 0.3) is 0 Å². The van der Waals surface area contributed by atoms with Gasteiger partial charge in [-0.3, -0.25) is 4.79 Å². The van der Waals surface area contributed by atoms with Crippen LogP contribution in [0.25, 0.3) is 11.1 Å². The molecule has 0 saturated carbocycles. The molecule has 1 amide bonds. The Morgan fingerprint density at radius 3 is 2.24 bits per heavy atom. The van der Waals surface area contributed by atoms with E-state index in [1.54, 1.807) is 0 Å². The Bertz CT molecular complexity index is 601. The summed E-state index contributed by atoms with van der Waals surface area (Å²) in [6.07, 6.45) is 0.438. The van der Waals surface area contributed by atoms with Crippen molar-refractivity contribution in [2.45, 2.75) is 6.42 Å². The van der Waals surface area contributed by atoms with E-state index in [0.29, 0.717) is 19.5 Å². The molecule has 2 aromatic rings. The van der Waals surface area contributed by atoms with Crippen LogP contribution in [0, 0.1) is 5.92 Å². The first-order chi connectivity index (χ1) is 10.3. The zero-order valence-electron chi connectivity index (χ0n) is 11.9. The molecule has 0 bridgehead atoms. The second kappa shape index (κ2) is 6.10. The van der Waals surface area contributed by atoms with Crippen molar-refractivity contribution in [3.8, 4) is 11.1 Å². The summed E-state index contributed by atoms with van der Waals surface area (Å²) in [4.78, 5) is 13.9. The maximum Gasteiger partial charge on any atom is 0.227 e. The van der Waals surface area contributed by atoms with Crippen LogP contribution in [0.1, 0.15) is 5.56 Å². The van der Waals surface area contributed by atoms with Gasteiger partial charge in [-0.2, -0.15) is 0 Å². The molecule has 3 heteroatoms. The van der Waals surface area contributed by atoms with Gasteiger partial charge in [-0.15, -0.1) is 0 Å². The fraction of sp³-hybridized carbons (Fsp3) is 0.278. The molecule has 0 spiro atoms. The van der Waals surface area contributed by atoms with Gasteiger partial charge in [0.2, 0.25) is 5.91 Å². The Balaban J connectivity index is 1.61. The van der Waals surface area contributed by atoms with E-state index in [0.717, 1.165) is 11.1 Å². The van der Waals surface area contributed by atoms with Crippen molar-refractivity contribution < 1.29 is 9.90 Å². The minimum Gasteiger partial charge on any atom is -0.396 e. The minimum atomic E-state index is 0.146. The quantitative estimate of drug-likeness (QED) is 0.934. The fourth-order valence-corrected chi connectivity index (χ4v) is 2.62. The summed E-state index contributed by atoms with van der Waals surface area (Å²) in [5.41, 5.74) is 3.38. The zero-order chi connectivity index (χ0) is 14.7. The number of aliphatic hydroxyl groups is 1. The van der Waals surface area contributed by atoms with E-state index in [1.165, 1.54) is 5.56 Å². The Morgan fingerprint density at radius 1 is 1.00 bits per heavy atom. The van der Waals surface area contributed by atoms with Gasteiger partial charge in [0.15, 0.2) is 0 Å². The first kappa shape index (κ1) is 13.8. The Kier molecular flexibility index (Phi) is 4.02. The monoisotopic (exact) mass is 281 g/mol. The average Bonchev–Trinajstić information content (AvgIpc) is 2.48. The van der Waals surface area contributed by atoms with Gasteiger partial charge < -0.3 is 10.0 Å². The third kappa shape index (κ3) is 3.14. The standard InChI is InChI=1S/C18H19NO2/c20-13-15-11-19(12-15)18(21)10-14-6-8-17(9-7-14)16-4-2-1-3-5-16/h1-9,15,20H,10-13H2. The largest absolute Gasteiger partial charge is 0.396 e. The van der Waals surface area contributed by atoms with Crippen molar-refractivity contribution in [1.82, 2.24) is 4.90 Å². The molecule has 1 aliphatic heterocycles. The molecule has 1 fully saturated rings. The van der Waals surface area contributed by atoms with Crippen molar-refractivity contribution >= 4 is 5.91 Å². The molecule has 1 heterocycles. The van der Waals surface area contributed by atoms with Crippen molar-refractivity contribution in [3.63, 3.8) is 0 Å². The first-order valence-corrected chi connectivity index (χ1v) is 7.29. The van der Waals surface area contributed by atoms with E-state index in [-0.39, 0.29) is 18.4 Å². The summed E-state index contributed by atoms with van der Waals surface area (Å²) in [5, 5.41) is 8.98. The number of benzene rings is 2. The van der Waals surface area contributed by atoms with Gasteiger partial charge in [-0.25, -0.2) is 0 Å². The molecular formula is C18H19NO2. The summed E-state index contributed by atoms with van der Waals surface area (Å²) in [7, 11) is 0. The Labute approximate surface area is 124 Å². The van der Waals surface area contributed by atoms with Crippen LogP contribution in [0.15, 0.2) is 54.6 Å². The molecule has 0 unspecified atom stereocenters. The van der Waals surface area contributed by atoms with Gasteiger partial charge in [0, 0.05) is 25.6 Å². The van der Waals surface area contributed by atoms with E-state index in [9.17, 15) is 4.79 Å². The number of carbonyl (C=O) groups is 1. The summed E-state index contributed by atoms with van der Waals surface area (Å²) in [5.74, 6) is 0.418. The number of rotatable bonds is 4. The molecule has 1 aliphatic rings. The van der Waals surface area contributed by atoms with Crippen LogP contribution in [0.4, 0.5) is 0 Å². The molecular weight excluding hydrogens is 262 g/mol. The van der Waals surface area contributed by atoms with E-state index >= 15 is 0 Å². The number of hydrogen-bond donors (Lipinski definition) is 1. The highest BCUT2D eigenvalue weighted by Gasteiger charge is 2.29. The van der Waals surface area contributed by atoms with Crippen LogP contribution in [0.5, 0.6) is 0 Å². The summed E-state index contributed by atoms with van der Waals surface area (Å²) in [6.45, 7) is 1.56. The van der Waals surface area contributed by atoms with Crippen LogP contribution in [0.3, 0.4) is 0 Å². The number of likely N-dealkylation sites (tertiary alicyclic amines) is 1.